The van der Waals surface area contributed by atoms with Crippen LogP contribution in [0.25, 0.3) is 0 Å². The standard InChI is InChI=1S/C12H20BrN5O2S/c1-16(2)21(19,20)15-11-8-10(13)9-14-12(11)18-6-4-17(3)5-7-18/h8-9,15H,4-7H2,1-3H3. The number of aromatic nitrogens is 1. The van der Waals surface area contributed by atoms with Crippen LogP contribution in [0.5, 0.6) is 0 Å². The number of anilines is 2. The zero-order valence-electron chi connectivity index (χ0n) is 12.4. The van der Waals surface area contributed by atoms with E-state index in [9.17, 15) is 8.42 Å². The number of nitrogens with zero attached hydrogens (tertiary/aromatic N) is 4. The molecule has 9 heteroatoms. The van der Waals surface area contributed by atoms with E-state index in [0.29, 0.717) is 11.5 Å². The van der Waals surface area contributed by atoms with E-state index in [2.05, 4.69) is 42.5 Å². The highest BCUT2D eigenvalue weighted by molar-refractivity contribution is 9.10. The fraction of sp³-hybridized carbons (Fsp3) is 0.583. The number of likely N-dealkylation sites (N-methyl/N-ethyl adjacent to an activating group) is 1. The normalized spacial score (nSPS) is 17.3. The summed E-state index contributed by atoms with van der Waals surface area (Å²) in [6.45, 7) is 3.50. The van der Waals surface area contributed by atoms with Crippen molar-refractivity contribution in [3.63, 3.8) is 0 Å². The van der Waals surface area contributed by atoms with Crippen molar-refractivity contribution in [2.45, 2.75) is 0 Å². The van der Waals surface area contributed by atoms with E-state index in [1.54, 1.807) is 12.3 Å². The maximum absolute atomic E-state index is 12.0. The molecule has 1 aromatic heterocycles. The van der Waals surface area contributed by atoms with Crippen LogP contribution in [-0.4, -0.2) is 69.9 Å². The van der Waals surface area contributed by atoms with Gasteiger partial charge >= 0.3 is 10.2 Å². The van der Waals surface area contributed by atoms with Crippen molar-refractivity contribution in [1.82, 2.24) is 14.2 Å². The highest BCUT2D eigenvalue weighted by Crippen LogP contribution is 2.28. The van der Waals surface area contributed by atoms with Gasteiger partial charge in [-0.2, -0.15) is 12.7 Å². The first-order chi connectivity index (χ1) is 9.79. The summed E-state index contributed by atoms with van der Waals surface area (Å²) >= 11 is 3.34. The maximum Gasteiger partial charge on any atom is 0.301 e. The molecule has 1 aliphatic rings. The molecule has 0 radical (unpaired) electrons. The molecule has 0 saturated carbocycles. The Kier molecular flexibility index (Phi) is 5.07. The van der Waals surface area contributed by atoms with E-state index in [1.165, 1.54) is 14.1 Å². The maximum atomic E-state index is 12.0. The number of halogens is 1. The van der Waals surface area contributed by atoms with Crippen LogP contribution in [0.4, 0.5) is 11.5 Å². The van der Waals surface area contributed by atoms with Gasteiger partial charge in [0.05, 0.1) is 5.69 Å². The molecule has 0 spiro atoms. The summed E-state index contributed by atoms with van der Waals surface area (Å²) in [5, 5.41) is 0. The predicted molar refractivity (Wildman–Crippen MR) is 87.9 cm³/mol. The van der Waals surface area contributed by atoms with Crippen LogP contribution >= 0.6 is 15.9 Å². The Morgan fingerprint density at radius 3 is 2.48 bits per heavy atom. The van der Waals surface area contributed by atoms with Crippen molar-refractivity contribution in [3.05, 3.63) is 16.7 Å². The molecular formula is C12H20BrN5O2S. The highest BCUT2D eigenvalue weighted by Gasteiger charge is 2.22. The molecule has 0 amide bonds. The summed E-state index contributed by atoms with van der Waals surface area (Å²) in [6, 6.07) is 1.74. The number of hydrogen-bond donors (Lipinski definition) is 1. The van der Waals surface area contributed by atoms with Crippen LogP contribution in [0.2, 0.25) is 0 Å². The number of hydrogen-bond acceptors (Lipinski definition) is 5. The van der Waals surface area contributed by atoms with Crippen LogP contribution in [-0.2, 0) is 10.2 Å². The van der Waals surface area contributed by atoms with E-state index in [4.69, 9.17) is 0 Å². The lowest BCUT2D eigenvalue weighted by atomic mass is 10.3. The number of rotatable bonds is 4. The Morgan fingerprint density at radius 2 is 1.90 bits per heavy atom. The van der Waals surface area contributed by atoms with Crippen molar-refractivity contribution in [3.8, 4) is 0 Å². The third kappa shape index (κ3) is 4.06. The smallest absolute Gasteiger partial charge is 0.301 e. The fourth-order valence-electron chi connectivity index (χ4n) is 2.01. The van der Waals surface area contributed by atoms with Gasteiger partial charge in [0.25, 0.3) is 0 Å². The van der Waals surface area contributed by atoms with Crippen LogP contribution < -0.4 is 9.62 Å². The molecule has 118 valence electrons. The minimum absolute atomic E-state index is 0.489. The summed E-state index contributed by atoms with van der Waals surface area (Å²) in [5.74, 6) is 0.664. The van der Waals surface area contributed by atoms with Gasteiger partial charge in [-0.15, -0.1) is 0 Å². The van der Waals surface area contributed by atoms with Crippen molar-refractivity contribution in [2.75, 3.05) is 56.9 Å². The van der Waals surface area contributed by atoms with Crippen molar-refractivity contribution < 1.29 is 8.42 Å². The molecule has 1 fully saturated rings. The number of nitrogens with one attached hydrogen (secondary N) is 1. The molecule has 1 aliphatic heterocycles. The quantitative estimate of drug-likeness (QED) is 0.840. The second-order valence-electron chi connectivity index (χ2n) is 5.20. The summed E-state index contributed by atoms with van der Waals surface area (Å²) in [6.07, 6.45) is 1.68. The third-order valence-electron chi connectivity index (χ3n) is 3.36. The second-order valence-corrected chi connectivity index (χ2v) is 8.00. The number of piperazine rings is 1. The highest BCUT2D eigenvalue weighted by atomic mass is 79.9. The molecule has 1 aromatic rings. The molecule has 0 atom stereocenters. The Hall–Kier alpha value is -0.900. The zero-order valence-corrected chi connectivity index (χ0v) is 14.8. The predicted octanol–water partition coefficient (Wildman–Crippen LogP) is 0.814. The Morgan fingerprint density at radius 1 is 1.29 bits per heavy atom. The van der Waals surface area contributed by atoms with Gasteiger partial charge in [-0.05, 0) is 29.0 Å². The number of pyridine rings is 1. The Bertz CT molecular complexity index is 600. The van der Waals surface area contributed by atoms with Gasteiger partial charge in [-0.25, -0.2) is 4.98 Å². The average molecular weight is 378 g/mol. The zero-order chi connectivity index (χ0) is 15.6. The van der Waals surface area contributed by atoms with Crippen LogP contribution in [0.15, 0.2) is 16.7 Å². The van der Waals surface area contributed by atoms with E-state index in [-0.39, 0.29) is 0 Å². The van der Waals surface area contributed by atoms with Gasteiger partial charge in [0.15, 0.2) is 5.82 Å². The van der Waals surface area contributed by atoms with Crippen molar-refractivity contribution in [2.24, 2.45) is 0 Å². The molecular weight excluding hydrogens is 358 g/mol. The summed E-state index contributed by atoms with van der Waals surface area (Å²) in [5.41, 5.74) is 0.489. The average Bonchev–Trinajstić information content (AvgIpc) is 2.39. The fourth-order valence-corrected chi connectivity index (χ4v) is 2.95. The van der Waals surface area contributed by atoms with E-state index in [1.807, 2.05) is 0 Å². The van der Waals surface area contributed by atoms with Crippen LogP contribution in [0.3, 0.4) is 0 Å². The molecule has 1 saturated heterocycles. The van der Waals surface area contributed by atoms with Gasteiger partial charge < -0.3 is 9.80 Å². The summed E-state index contributed by atoms with van der Waals surface area (Å²) < 4.78 is 28.5. The van der Waals surface area contributed by atoms with Gasteiger partial charge in [-0.3, -0.25) is 4.72 Å². The minimum atomic E-state index is -3.55. The van der Waals surface area contributed by atoms with Crippen LogP contribution in [0, 0.1) is 0 Å². The molecule has 2 heterocycles. The first-order valence-electron chi connectivity index (χ1n) is 6.59. The monoisotopic (exact) mass is 377 g/mol. The van der Waals surface area contributed by atoms with Gasteiger partial charge in [0.2, 0.25) is 0 Å². The Balaban J connectivity index is 2.30. The second kappa shape index (κ2) is 6.47. The van der Waals surface area contributed by atoms with Crippen molar-refractivity contribution >= 4 is 37.6 Å². The van der Waals surface area contributed by atoms with E-state index >= 15 is 0 Å². The van der Waals surface area contributed by atoms with Gasteiger partial charge in [0, 0.05) is 50.9 Å². The first-order valence-corrected chi connectivity index (χ1v) is 8.82. The molecule has 1 N–H and O–H groups in total. The molecule has 0 bridgehead atoms. The largest absolute Gasteiger partial charge is 0.352 e. The minimum Gasteiger partial charge on any atom is -0.352 e. The molecule has 21 heavy (non-hydrogen) atoms. The molecule has 2 rings (SSSR count). The lowest BCUT2D eigenvalue weighted by molar-refractivity contribution is 0.312. The first kappa shape index (κ1) is 16.5. The van der Waals surface area contributed by atoms with E-state index < -0.39 is 10.2 Å². The summed E-state index contributed by atoms with van der Waals surface area (Å²) in [7, 11) is 1.50. The van der Waals surface area contributed by atoms with Crippen molar-refractivity contribution in [1.29, 1.82) is 0 Å². The van der Waals surface area contributed by atoms with Gasteiger partial charge in [0.1, 0.15) is 0 Å². The molecule has 0 aromatic carbocycles. The van der Waals surface area contributed by atoms with E-state index in [0.717, 1.165) is 35.0 Å². The summed E-state index contributed by atoms with van der Waals surface area (Å²) in [4.78, 5) is 8.72. The molecule has 7 nitrogen and oxygen atoms in total. The molecule has 0 aliphatic carbocycles. The van der Waals surface area contributed by atoms with Gasteiger partial charge in [-0.1, -0.05) is 0 Å². The SMILES string of the molecule is CN1CCN(c2ncc(Br)cc2NS(=O)(=O)N(C)C)CC1. The third-order valence-corrected chi connectivity index (χ3v) is 5.23. The lowest BCUT2D eigenvalue weighted by Gasteiger charge is -2.34. The molecule has 0 unspecified atom stereocenters. The Labute approximate surface area is 134 Å². The van der Waals surface area contributed by atoms with Crippen LogP contribution in [0.1, 0.15) is 0 Å². The lowest BCUT2D eigenvalue weighted by Crippen LogP contribution is -2.45. The topological polar surface area (TPSA) is 68.8 Å².